The van der Waals surface area contributed by atoms with Crippen LogP contribution in [0.15, 0.2) is 18.2 Å². The molecule has 108 valence electrons. The molecule has 2 heterocycles. The maximum atomic E-state index is 11.9. The van der Waals surface area contributed by atoms with Crippen LogP contribution in [0.3, 0.4) is 0 Å². The lowest BCUT2D eigenvalue weighted by atomic mass is 10.1. The van der Waals surface area contributed by atoms with Crippen molar-refractivity contribution in [1.82, 2.24) is 9.97 Å². The number of rotatable bonds is 2. The van der Waals surface area contributed by atoms with E-state index in [4.69, 9.17) is 16.3 Å². The Bertz CT molecular complexity index is 870. The number of H-pyrrole nitrogens is 1. The number of aromatic hydroxyl groups is 1. The van der Waals surface area contributed by atoms with Crippen LogP contribution in [0.5, 0.6) is 5.75 Å². The van der Waals surface area contributed by atoms with E-state index in [0.29, 0.717) is 21.6 Å². The Morgan fingerprint density at radius 3 is 2.95 bits per heavy atom. The highest BCUT2D eigenvalue weighted by atomic mass is 35.5. The van der Waals surface area contributed by atoms with Crippen molar-refractivity contribution < 1.29 is 14.6 Å². The van der Waals surface area contributed by atoms with Crippen LogP contribution in [0.4, 0.5) is 0 Å². The molecule has 5 nitrogen and oxygen atoms in total. The zero-order valence-electron chi connectivity index (χ0n) is 11.5. The molecule has 0 aliphatic heterocycles. The van der Waals surface area contributed by atoms with E-state index in [1.165, 1.54) is 0 Å². The molecule has 0 spiro atoms. The molecule has 3 rings (SSSR count). The van der Waals surface area contributed by atoms with E-state index >= 15 is 0 Å². The summed E-state index contributed by atoms with van der Waals surface area (Å²) in [5.74, 6) is -0.740. The van der Waals surface area contributed by atoms with E-state index in [9.17, 15) is 9.90 Å². The van der Waals surface area contributed by atoms with E-state index in [1.54, 1.807) is 32.0 Å². The molecule has 0 atom stereocenters. The molecule has 0 aliphatic carbocycles. The lowest BCUT2D eigenvalue weighted by Gasteiger charge is -2.03. The average Bonchev–Trinajstić information content (AvgIpc) is 2.79. The summed E-state index contributed by atoms with van der Waals surface area (Å²) in [5, 5.41) is 12.1. The summed E-state index contributed by atoms with van der Waals surface area (Å²) < 4.78 is 4.94. The number of halogens is 1. The minimum Gasteiger partial charge on any atom is -0.505 e. The Balaban J connectivity index is 2.39. The number of hydrogen-bond acceptors (Lipinski definition) is 4. The first-order chi connectivity index (χ1) is 10.0. The normalized spacial score (nSPS) is 11.2. The summed E-state index contributed by atoms with van der Waals surface area (Å²) in [7, 11) is 0. The molecule has 2 aromatic heterocycles. The van der Waals surface area contributed by atoms with Crippen molar-refractivity contribution >= 4 is 39.4 Å². The second kappa shape index (κ2) is 4.93. The van der Waals surface area contributed by atoms with E-state index in [2.05, 4.69) is 9.97 Å². The Hall–Kier alpha value is -2.27. The lowest BCUT2D eigenvalue weighted by molar-refractivity contribution is 0.0517. The van der Waals surface area contributed by atoms with Gasteiger partial charge in [-0.15, -0.1) is 0 Å². The fourth-order valence-electron chi connectivity index (χ4n) is 2.44. The van der Waals surface area contributed by atoms with Gasteiger partial charge in [-0.2, -0.15) is 0 Å². The maximum Gasteiger partial charge on any atom is 0.358 e. The molecule has 3 aromatic rings. The minimum atomic E-state index is -0.597. The van der Waals surface area contributed by atoms with Gasteiger partial charge in [0.05, 0.1) is 28.7 Å². The van der Waals surface area contributed by atoms with Gasteiger partial charge in [0.2, 0.25) is 0 Å². The van der Waals surface area contributed by atoms with Crippen molar-refractivity contribution in [3.8, 4) is 5.75 Å². The zero-order chi connectivity index (χ0) is 15.1. The standard InChI is InChI=1S/C15H13ClN2O3/c1-3-21-15(20)13-14(19)11-7(2)17-10-5-4-8(16)6-9(10)12(11)18-13/h4-6,18-19H,3H2,1-2H3. The van der Waals surface area contributed by atoms with Crippen LogP contribution in [-0.2, 0) is 4.74 Å². The van der Waals surface area contributed by atoms with Crippen molar-refractivity contribution in [2.45, 2.75) is 13.8 Å². The molecule has 0 radical (unpaired) electrons. The lowest BCUT2D eigenvalue weighted by Crippen LogP contribution is -2.04. The average molecular weight is 305 g/mol. The Morgan fingerprint density at radius 1 is 1.48 bits per heavy atom. The summed E-state index contributed by atoms with van der Waals surface area (Å²) >= 11 is 6.02. The van der Waals surface area contributed by atoms with E-state index in [1.807, 2.05) is 0 Å². The highest BCUT2D eigenvalue weighted by molar-refractivity contribution is 6.31. The second-order valence-corrected chi connectivity index (χ2v) is 5.11. The zero-order valence-corrected chi connectivity index (χ0v) is 12.3. The summed E-state index contributed by atoms with van der Waals surface area (Å²) in [6.07, 6.45) is 0. The summed E-state index contributed by atoms with van der Waals surface area (Å²) in [4.78, 5) is 19.3. The van der Waals surface area contributed by atoms with Gasteiger partial charge in [-0.1, -0.05) is 11.6 Å². The van der Waals surface area contributed by atoms with Crippen LogP contribution >= 0.6 is 11.6 Å². The molecular weight excluding hydrogens is 292 g/mol. The van der Waals surface area contributed by atoms with Crippen molar-refractivity contribution in [2.75, 3.05) is 6.61 Å². The molecule has 1 aromatic carbocycles. The van der Waals surface area contributed by atoms with Gasteiger partial charge in [0.15, 0.2) is 11.4 Å². The highest BCUT2D eigenvalue weighted by Gasteiger charge is 2.21. The number of carbonyl (C=O) groups is 1. The fourth-order valence-corrected chi connectivity index (χ4v) is 2.61. The number of aryl methyl sites for hydroxylation is 1. The van der Waals surface area contributed by atoms with Crippen LogP contribution in [0.2, 0.25) is 5.02 Å². The first-order valence-corrected chi connectivity index (χ1v) is 6.88. The van der Waals surface area contributed by atoms with Crippen molar-refractivity contribution in [1.29, 1.82) is 0 Å². The number of ether oxygens (including phenoxy) is 1. The fraction of sp³-hybridized carbons (Fsp3) is 0.200. The van der Waals surface area contributed by atoms with Gasteiger partial charge < -0.3 is 14.8 Å². The van der Waals surface area contributed by atoms with Crippen LogP contribution < -0.4 is 0 Å². The van der Waals surface area contributed by atoms with Crippen LogP contribution in [0.25, 0.3) is 21.8 Å². The Kier molecular flexibility index (Phi) is 3.22. The van der Waals surface area contributed by atoms with Gasteiger partial charge >= 0.3 is 5.97 Å². The molecule has 0 bridgehead atoms. The third-order valence-corrected chi connectivity index (χ3v) is 3.57. The van der Waals surface area contributed by atoms with Crippen molar-refractivity contribution in [3.63, 3.8) is 0 Å². The van der Waals surface area contributed by atoms with Gasteiger partial charge in [-0.05, 0) is 32.0 Å². The number of nitrogens with zero attached hydrogens (tertiary/aromatic N) is 1. The van der Waals surface area contributed by atoms with Crippen LogP contribution in [0, 0.1) is 6.92 Å². The number of nitrogens with one attached hydrogen (secondary N) is 1. The molecular formula is C15H13ClN2O3. The summed E-state index contributed by atoms with van der Waals surface area (Å²) in [5.41, 5.74) is 2.02. The topological polar surface area (TPSA) is 75.2 Å². The summed E-state index contributed by atoms with van der Waals surface area (Å²) in [6.45, 7) is 3.72. The Morgan fingerprint density at radius 2 is 2.24 bits per heavy atom. The number of aromatic amines is 1. The first-order valence-electron chi connectivity index (χ1n) is 6.50. The first kappa shape index (κ1) is 13.7. The largest absolute Gasteiger partial charge is 0.505 e. The molecule has 21 heavy (non-hydrogen) atoms. The van der Waals surface area contributed by atoms with E-state index in [0.717, 1.165) is 10.9 Å². The number of pyridine rings is 1. The smallest absolute Gasteiger partial charge is 0.358 e. The minimum absolute atomic E-state index is 0.0317. The Labute approximate surface area is 125 Å². The molecule has 0 saturated carbocycles. The number of benzene rings is 1. The predicted molar refractivity (Wildman–Crippen MR) is 81.0 cm³/mol. The molecule has 0 unspecified atom stereocenters. The molecule has 0 fully saturated rings. The van der Waals surface area contributed by atoms with E-state index < -0.39 is 5.97 Å². The van der Waals surface area contributed by atoms with Gasteiger partial charge in [-0.25, -0.2) is 4.79 Å². The number of carbonyl (C=O) groups excluding carboxylic acids is 1. The van der Waals surface area contributed by atoms with Gasteiger partial charge in [0.1, 0.15) is 0 Å². The number of fused-ring (bicyclic) bond motifs is 3. The molecule has 0 amide bonds. The van der Waals surface area contributed by atoms with Crippen molar-refractivity contribution in [3.05, 3.63) is 34.6 Å². The monoisotopic (exact) mass is 304 g/mol. The van der Waals surface area contributed by atoms with E-state index in [-0.39, 0.29) is 18.1 Å². The summed E-state index contributed by atoms with van der Waals surface area (Å²) in [6, 6.07) is 5.29. The number of esters is 1. The molecule has 6 heteroatoms. The van der Waals surface area contributed by atoms with Gasteiger partial charge in [0.25, 0.3) is 0 Å². The molecule has 0 aliphatic rings. The van der Waals surface area contributed by atoms with Gasteiger partial charge in [-0.3, -0.25) is 4.98 Å². The highest BCUT2D eigenvalue weighted by Crippen LogP contribution is 2.36. The number of aromatic nitrogens is 2. The molecule has 2 N–H and O–H groups in total. The maximum absolute atomic E-state index is 11.9. The van der Waals surface area contributed by atoms with Crippen LogP contribution in [-0.4, -0.2) is 27.7 Å². The predicted octanol–water partition coefficient (Wildman–Crippen LogP) is 3.56. The van der Waals surface area contributed by atoms with Gasteiger partial charge in [0, 0.05) is 10.4 Å². The van der Waals surface area contributed by atoms with Crippen molar-refractivity contribution in [2.24, 2.45) is 0 Å². The second-order valence-electron chi connectivity index (χ2n) is 4.68. The van der Waals surface area contributed by atoms with Crippen LogP contribution in [0.1, 0.15) is 23.1 Å². The third kappa shape index (κ3) is 2.10. The molecule has 0 saturated heterocycles. The number of hydrogen-bond donors (Lipinski definition) is 2. The SMILES string of the molecule is CCOC(=O)c1[nH]c2c(c(C)nc3ccc(Cl)cc32)c1O. The quantitative estimate of drug-likeness (QED) is 0.710. The third-order valence-electron chi connectivity index (χ3n) is 3.33.